The first-order valence-corrected chi connectivity index (χ1v) is 6.87. The summed E-state index contributed by atoms with van der Waals surface area (Å²) in [4.78, 5) is 12.1. The van der Waals surface area contributed by atoms with E-state index in [0.717, 1.165) is 11.1 Å². The smallest absolute Gasteiger partial charge is 0.255 e. The van der Waals surface area contributed by atoms with E-state index in [9.17, 15) is 14.3 Å². The summed E-state index contributed by atoms with van der Waals surface area (Å²) < 4.78 is 14.5. The Hall–Kier alpha value is -2.72. The monoisotopic (exact) mass is 295 g/mol. The number of hydrogen-bond acceptors (Lipinski definition) is 2. The zero-order chi connectivity index (χ0) is 15.5. The van der Waals surface area contributed by atoms with Crippen molar-refractivity contribution in [3.05, 3.63) is 88.6 Å². The fourth-order valence-electron chi connectivity index (χ4n) is 2.37. The number of aromatic nitrogens is 1. The van der Waals surface area contributed by atoms with Gasteiger partial charge in [0.2, 0.25) is 0 Å². The van der Waals surface area contributed by atoms with Gasteiger partial charge in [-0.3, -0.25) is 9.36 Å². The van der Waals surface area contributed by atoms with Crippen molar-refractivity contribution in [1.82, 2.24) is 4.57 Å². The molecule has 4 heteroatoms. The van der Waals surface area contributed by atoms with Gasteiger partial charge in [-0.1, -0.05) is 30.3 Å². The number of para-hydroxylation sites is 1. The number of aliphatic hydroxyl groups excluding tert-OH is 1. The standard InChI is InChI=1S/C18H14FNO2/c19-16-8-5-13(6-9-16)14-7-10-18(22)20(11-14)17-4-2-1-3-15(17)12-21/h1-11,21H,12H2. The molecule has 2 aromatic carbocycles. The molecular weight excluding hydrogens is 281 g/mol. The van der Waals surface area contributed by atoms with E-state index in [-0.39, 0.29) is 18.0 Å². The number of halogens is 1. The number of benzene rings is 2. The summed E-state index contributed by atoms with van der Waals surface area (Å²) in [6, 6.07) is 16.4. The fraction of sp³-hybridized carbons (Fsp3) is 0.0556. The average molecular weight is 295 g/mol. The Morgan fingerprint density at radius 2 is 1.59 bits per heavy atom. The van der Waals surface area contributed by atoms with Crippen LogP contribution in [0.15, 0.2) is 71.7 Å². The lowest BCUT2D eigenvalue weighted by Crippen LogP contribution is -2.17. The highest BCUT2D eigenvalue weighted by Gasteiger charge is 2.07. The molecule has 0 unspecified atom stereocenters. The number of rotatable bonds is 3. The van der Waals surface area contributed by atoms with Crippen molar-refractivity contribution < 1.29 is 9.50 Å². The van der Waals surface area contributed by atoms with Gasteiger partial charge in [0.1, 0.15) is 5.82 Å². The van der Waals surface area contributed by atoms with Crippen LogP contribution in [0, 0.1) is 5.82 Å². The van der Waals surface area contributed by atoms with Crippen LogP contribution < -0.4 is 5.56 Å². The number of hydrogen-bond donors (Lipinski definition) is 1. The minimum absolute atomic E-state index is 0.149. The van der Waals surface area contributed by atoms with Crippen molar-refractivity contribution in [1.29, 1.82) is 0 Å². The van der Waals surface area contributed by atoms with Crippen LogP contribution in [0.25, 0.3) is 16.8 Å². The van der Waals surface area contributed by atoms with Gasteiger partial charge >= 0.3 is 0 Å². The highest BCUT2D eigenvalue weighted by molar-refractivity contribution is 5.63. The molecule has 0 aliphatic rings. The summed E-state index contributed by atoms with van der Waals surface area (Å²) in [5.41, 5.74) is 2.73. The van der Waals surface area contributed by atoms with E-state index in [2.05, 4.69) is 0 Å². The van der Waals surface area contributed by atoms with E-state index in [0.29, 0.717) is 11.3 Å². The molecule has 0 saturated carbocycles. The zero-order valence-corrected chi connectivity index (χ0v) is 11.7. The Bertz CT molecular complexity index is 853. The van der Waals surface area contributed by atoms with Gasteiger partial charge in [-0.15, -0.1) is 0 Å². The first-order valence-electron chi connectivity index (χ1n) is 6.87. The van der Waals surface area contributed by atoms with E-state index in [1.54, 1.807) is 36.5 Å². The molecule has 1 aromatic heterocycles. The second-order valence-corrected chi connectivity index (χ2v) is 4.92. The van der Waals surface area contributed by atoms with Crippen LogP contribution >= 0.6 is 0 Å². The highest BCUT2D eigenvalue weighted by Crippen LogP contribution is 2.20. The maximum atomic E-state index is 13.0. The SMILES string of the molecule is O=c1ccc(-c2ccc(F)cc2)cn1-c1ccccc1CO. The minimum atomic E-state index is -0.303. The van der Waals surface area contributed by atoms with Gasteiger partial charge in [0.15, 0.2) is 0 Å². The normalized spacial score (nSPS) is 10.6. The molecule has 0 radical (unpaired) electrons. The molecule has 0 bridgehead atoms. The van der Waals surface area contributed by atoms with Crippen molar-refractivity contribution in [3.63, 3.8) is 0 Å². The molecule has 110 valence electrons. The van der Waals surface area contributed by atoms with E-state index < -0.39 is 0 Å². The Morgan fingerprint density at radius 3 is 2.32 bits per heavy atom. The molecule has 1 N–H and O–H groups in total. The fourth-order valence-corrected chi connectivity index (χ4v) is 2.37. The third kappa shape index (κ3) is 2.69. The van der Waals surface area contributed by atoms with Crippen LogP contribution in [-0.4, -0.2) is 9.67 Å². The molecule has 0 amide bonds. The van der Waals surface area contributed by atoms with E-state index in [1.807, 2.05) is 12.1 Å². The quantitative estimate of drug-likeness (QED) is 0.806. The number of pyridine rings is 1. The Kier molecular flexibility index (Phi) is 3.85. The summed E-state index contributed by atoms with van der Waals surface area (Å²) in [6.45, 7) is -0.149. The lowest BCUT2D eigenvalue weighted by molar-refractivity contribution is 0.281. The van der Waals surface area contributed by atoms with Crippen molar-refractivity contribution in [2.45, 2.75) is 6.61 Å². The van der Waals surface area contributed by atoms with E-state index >= 15 is 0 Å². The first-order chi connectivity index (χ1) is 10.7. The van der Waals surface area contributed by atoms with E-state index in [1.165, 1.54) is 22.8 Å². The van der Waals surface area contributed by atoms with E-state index in [4.69, 9.17) is 0 Å². The van der Waals surface area contributed by atoms with Crippen LogP contribution in [0.4, 0.5) is 4.39 Å². The van der Waals surface area contributed by atoms with Gasteiger partial charge in [0.05, 0.1) is 12.3 Å². The maximum absolute atomic E-state index is 13.0. The summed E-state index contributed by atoms with van der Waals surface area (Å²) >= 11 is 0. The van der Waals surface area contributed by atoms with Crippen molar-refractivity contribution >= 4 is 0 Å². The second-order valence-electron chi connectivity index (χ2n) is 4.92. The molecule has 0 aliphatic heterocycles. The second kappa shape index (κ2) is 5.95. The largest absolute Gasteiger partial charge is 0.392 e. The van der Waals surface area contributed by atoms with Gasteiger partial charge < -0.3 is 5.11 Å². The molecule has 3 nitrogen and oxygen atoms in total. The third-order valence-corrected chi connectivity index (χ3v) is 3.51. The Labute approximate surface area is 126 Å². The highest BCUT2D eigenvalue weighted by atomic mass is 19.1. The predicted octanol–water partition coefficient (Wildman–Crippen LogP) is 3.14. The molecular formula is C18H14FNO2. The average Bonchev–Trinajstić information content (AvgIpc) is 2.56. The number of nitrogens with zero attached hydrogens (tertiary/aromatic N) is 1. The van der Waals surface area contributed by atoms with Crippen molar-refractivity contribution in [2.24, 2.45) is 0 Å². The van der Waals surface area contributed by atoms with Crippen molar-refractivity contribution in [3.8, 4) is 16.8 Å². The summed E-state index contributed by atoms with van der Waals surface area (Å²) in [7, 11) is 0. The molecule has 1 heterocycles. The molecule has 22 heavy (non-hydrogen) atoms. The zero-order valence-electron chi connectivity index (χ0n) is 11.7. The van der Waals surface area contributed by atoms with Crippen LogP contribution in [-0.2, 0) is 6.61 Å². The summed E-state index contributed by atoms with van der Waals surface area (Å²) in [6.07, 6.45) is 1.70. The van der Waals surface area contributed by atoms with Gasteiger partial charge in [0.25, 0.3) is 5.56 Å². The molecule has 3 rings (SSSR count). The lowest BCUT2D eigenvalue weighted by Gasteiger charge is -2.12. The lowest BCUT2D eigenvalue weighted by atomic mass is 10.1. The third-order valence-electron chi connectivity index (χ3n) is 3.51. The summed E-state index contributed by atoms with van der Waals surface area (Å²) in [5.74, 6) is -0.303. The van der Waals surface area contributed by atoms with Crippen LogP contribution in [0.3, 0.4) is 0 Å². The van der Waals surface area contributed by atoms with Crippen LogP contribution in [0.5, 0.6) is 0 Å². The van der Waals surface area contributed by atoms with Gasteiger partial charge in [-0.05, 0) is 35.4 Å². The summed E-state index contributed by atoms with van der Waals surface area (Å²) in [5, 5.41) is 9.43. The first kappa shape index (κ1) is 14.2. The molecule has 0 fully saturated rings. The van der Waals surface area contributed by atoms with Gasteiger partial charge in [-0.25, -0.2) is 4.39 Å². The Balaban J connectivity index is 2.15. The topological polar surface area (TPSA) is 42.2 Å². The van der Waals surface area contributed by atoms with Gasteiger partial charge in [0, 0.05) is 17.8 Å². The molecule has 0 spiro atoms. The Morgan fingerprint density at radius 1 is 0.909 bits per heavy atom. The molecule has 0 saturated heterocycles. The number of aliphatic hydroxyl groups is 1. The van der Waals surface area contributed by atoms with Crippen LogP contribution in [0.1, 0.15) is 5.56 Å². The van der Waals surface area contributed by atoms with Crippen molar-refractivity contribution in [2.75, 3.05) is 0 Å². The van der Waals surface area contributed by atoms with Gasteiger partial charge in [-0.2, -0.15) is 0 Å². The maximum Gasteiger partial charge on any atom is 0.255 e. The van der Waals surface area contributed by atoms with Crippen LogP contribution in [0.2, 0.25) is 0 Å². The minimum Gasteiger partial charge on any atom is -0.392 e. The molecule has 0 aliphatic carbocycles. The predicted molar refractivity (Wildman–Crippen MR) is 83.4 cm³/mol. The molecule has 0 atom stereocenters. The molecule has 3 aromatic rings.